The third-order valence-electron chi connectivity index (χ3n) is 10.8. The molecule has 0 amide bonds. The van der Waals surface area contributed by atoms with Crippen molar-refractivity contribution in [1.82, 2.24) is 24.1 Å². The Morgan fingerprint density at radius 3 is 1.43 bits per heavy atom. The van der Waals surface area contributed by atoms with Gasteiger partial charge in [-0.05, 0) is 47.0 Å². The van der Waals surface area contributed by atoms with Crippen LogP contribution in [-0.4, -0.2) is 24.1 Å². The van der Waals surface area contributed by atoms with Gasteiger partial charge in [0.1, 0.15) is 0 Å². The third-order valence-corrected chi connectivity index (χ3v) is 10.8. The predicted octanol–water partition coefficient (Wildman–Crippen LogP) is 12.7. The summed E-state index contributed by atoms with van der Waals surface area (Å²) < 4.78 is 4.56. The Balaban J connectivity index is 1.19. The van der Waals surface area contributed by atoms with Crippen molar-refractivity contribution >= 4 is 43.6 Å². The first-order valence-electron chi connectivity index (χ1n) is 18.9. The summed E-state index contributed by atoms with van der Waals surface area (Å²) in [5, 5.41) is 4.68. The average molecular weight is 716 g/mol. The molecule has 0 N–H and O–H groups in total. The summed E-state index contributed by atoms with van der Waals surface area (Å²) in [6.07, 6.45) is 0. The fraction of sp³-hybridized carbons (Fsp3) is 0. The van der Waals surface area contributed by atoms with E-state index in [1.54, 1.807) is 0 Å². The smallest absolute Gasteiger partial charge is 0.238 e. The number of hydrogen-bond donors (Lipinski definition) is 0. The minimum Gasteiger partial charge on any atom is -0.308 e. The molecule has 0 aliphatic rings. The number of nitrogens with zero attached hydrogens (tertiary/aromatic N) is 5. The lowest BCUT2D eigenvalue weighted by Crippen LogP contribution is -2.08. The fourth-order valence-corrected chi connectivity index (χ4v) is 8.27. The Hall–Kier alpha value is -7.63. The molecule has 3 heterocycles. The molecule has 0 atom stereocenters. The lowest BCUT2D eigenvalue weighted by Gasteiger charge is -2.16. The number of hydrogen-bond acceptors (Lipinski definition) is 3. The maximum Gasteiger partial charge on any atom is 0.238 e. The Labute approximate surface area is 323 Å². The van der Waals surface area contributed by atoms with Crippen LogP contribution in [0.3, 0.4) is 0 Å². The zero-order valence-corrected chi connectivity index (χ0v) is 30.3. The molecule has 8 aromatic carbocycles. The van der Waals surface area contributed by atoms with Crippen molar-refractivity contribution in [3.63, 3.8) is 0 Å². The van der Waals surface area contributed by atoms with Gasteiger partial charge in [-0.1, -0.05) is 170 Å². The summed E-state index contributed by atoms with van der Waals surface area (Å²) in [7, 11) is 0. The van der Waals surface area contributed by atoms with E-state index in [0.717, 1.165) is 71.9 Å². The van der Waals surface area contributed by atoms with Gasteiger partial charge in [-0.15, -0.1) is 0 Å². The normalized spacial score (nSPS) is 11.6. The van der Waals surface area contributed by atoms with Gasteiger partial charge < -0.3 is 4.57 Å². The molecule has 5 heteroatoms. The standard InChI is InChI=1S/C51H33N5/c1-3-16-34(17-4-1)35-30-32-37(33-31-35)49-52-50(54-51(53-49)56-45-27-12-7-20-39(45)40-21-8-13-28-46(40)56)43-23-10-14-29-47(43)55-44-26-11-9-22-41(44)42-25-15-24-38(48(42)55)36-18-5-2-6-19-36/h1-33H. The van der Waals surface area contributed by atoms with Gasteiger partial charge in [0, 0.05) is 38.2 Å². The van der Waals surface area contributed by atoms with Crippen LogP contribution in [0.25, 0.3) is 100 Å². The van der Waals surface area contributed by atoms with E-state index in [2.05, 4.69) is 203 Å². The quantitative estimate of drug-likeness (QED) is 0.172. The average Bonchev–Trinajstić information content (AvgIpc) is 3.80. The Morgan fingerprint density at radius 2 is 0.750 bits per heavy atom. The zero-order chi connectivity index (χ0) is 37.0. The Morgan fingerprint density at radius 1 is 0.286 bits per heavy atom. The van der Waals surface area contributed by atoms with Gasteiger partial charge in [-0.3, -0.25) is 4.57 Å². The van der Waals surface area contributed by atoms with Crippen LogP contribution >= 0.6 is 0 Å². The molecule has 0 aliphatic heterocycles. The van der Waals surface area contributed by atoms with Crippen LogP contribution in [0, 0.1) is 0 Å². The molecule has 5 nitrogen and oxygen atoms in total. The molecule has 0 saturated heterocycles. The number of rotatable bonds is 6. The van der Waals surface area contributed by atoms with Crippen molar-refractivity contribution in [3.05, 3.63) is 200 Å². The zero-order valence-electron chi connectivity index (χ0n) is 30.3. The molecule has 0 aliphatic carbocycles. The summed E-state index contributed by atoms with van der Waals surface area (Å²) >= 11 is 0. The van der Waals surface area contributed by atoms with Gasteiger partial charge >= 0.3 is 0 Å². The van der Waals surface area contributed by atoms with Gasteiger partial charge in [0.15, 0.2) is 11.6 Å². The van der Waals surface area contributed by atoms with Crippen LogP contribution in [0.2, 0.25) is 0 Å². The van der Waals surface area contributed by atoms with Gasteiger partial charge in [-0.2, -0.15) is 9.97 Å². The Bertz CT molecular complexity index is 3180. The summed E-state index contributed by atoms with van der Waals surface area (Å²) in [4.78, 5) is 15.9. The molecule has 11 aromatic rings. The lowest BCUT2D eigenvalue weighted by molar-refractivity contribution is 0.951. The van der Waals surface area contributed by atoms with Crippen LogP contribution in [0.5, 0.6) is 0 Å². The third kappa shape index (κ3) is 5.13. The fourth-order valence-electron chi connectivity index (χ4n) is 8.27. The first-order valence-corrected chi connectivity index (χ1v) is 18.9. The summed E-state index contributed by atoms with van der Waals surface area (Å²) in [5.74, 6) is 1.77. The van der Waals surface area contributed by atoms with E-state index in [9.17, 15) is 0 Å². The molecule has 56 heavy (non-hydrogen) atoms. The first kappa shape index (κ1) is 31.9. The van der Waals surface area contributed by atoms with E-state index in [1.807, 2.05) is 6.07 Å². The topological polar surface area (TPSA) is 48.5 Å². The van der Waals surface area contributed by atoms with Crippen molar-refractivity contribution in [2.75, 3.05) is 0 Å². The van der Waals surface area contributed by atoms with E-state index in [-0.39, 0.29) is 0 Å². The number of para-hydroxylation sites is 5. The number of aromatic nitrogens is 5. The largest absolute Gasteiger partial charge is 0.308 e. The molecule has 0 spiro atoms. The molecule has 0 radical (unpaired) electrons. The van der Waals surface area contributed by atoms with Crippen molar-refractivity contribution in [2.45, 2.75) is 0 Å². The van der Waals surface area contributed by atoms with Crippen LogP contribution in [-0.2, 0) is 0 Å². The molecule has 3 aromatic heterocycles. The summed E-state index contributed by atoms with van der Waals surface area (Å²) in [6, 6.07) is 70.3. The maximum atomic E-state index is 5.38. The number of benzene rings is 8. The SMILES string of the molecule is c1ccc(-c2ccc(-c3nc(-c4ccccc4-n4c5ccccc5c5cccc(-c6ccccc6)c54)nc(-n4c5ccccc5c5ccccc54)n3)cc2)cc1. The second-order valence-electron chi connectivity index (χ2n) is 14.0. The molecular weight excluding hydrogens is 683 g/mol. The first-order chi connectivity index (χ1) is 27.8. The van der Waals surface area contributed by atoms with E-state index >= 15 is 0 Å². The highest BCUT2D eigenvalue weighted by Gasteiger charge is 2.22. The van der Waals surface area contributed by atoms with Gasteiger partial charge in [0.25, 0.3) is 0 Å². The van der Waals surface area contributed by atoms with Crippen molar-refractivity contribution in [3.8, 4) is 56.7 Å². The van der Waals surface area contributed by atoms with Gasteiger partial charge in [0.05, 0.1) is 27.8 Å². The van der Waals surface area contributed by atoms with Crippen LogP contribution in [0.15, 0.2) is 200 Å². The van der Waals surface area contributed by atoms with E-state index in [4.69, 9.17) is 15.0 Å². The second-order valence-corrected chi connectivity index (χ2v) is 14.0. The highest BCUT2D eigenvalue weighted by molar-refractivity contribution is 6.14. The lowest BCUT2D eigenvalue weighted by atomic mass is 10.0. The number of fused-ring (bicyclic) bond motifs is 6. The van der Waals surface area contributed by atoms with Gasteiger partial charge in [0.2, 0.25) is 5.95 Å². The molecule has 11 rings (SSSR count). The predicted molar refractivity (Wildman–Crippen MR) is 230 cm³/mol. The molecule has 0 unspecified atom stereocenters. The van der Waals surface area contributed by atoms with Crippen LogP contribution < -0.4 is 0 Å². The Kier molecular flexibility index (Phi) is 7.42. The molecule has 0 saturated carbocycles. The van der Waals surface area contributed by atoms with Crippen LogP contribution in [0.4, 0.5) is 0 Å². The van der Waals surface area contributed by atoms with Crippen molar-refractivity contribution in [2.24, 2.45) is 0 Å². The van der Waals surface area contributed by atoms with Crippen LogP contribution in [0.1, 0.15) is 0 Å². The minimum absolute atomic E-state index is 0.566. The van der Waals surface area contributed by atoms with Gasteiger partial charge in [-0.25, -0.2) is 4.98 Å². The molecule has 0 fully saturated rings. The molecule has 262 valence electrons. The summed E-state index contributed by atoms with van der Waals surface area (Å²) in [6.45, 7) is 0. The highest BCUT2D eigenvalue weighted by Crippen LogP contribution is 2.41. The van der Waals surface area contributed by atoms with Crippen molar-refractivity contribution in [1.29, 1.82) is 0 Å². The van der Waals surface area contributed by atoms with E-state index in [1.165, 1.54) is 10.8 Å². The minimum atomic E-state index is 0.566. The van der Waals surface area contributed by atoms with E-state index in [0.29, 0.717) is 17.6 Å². The van der Waals surface area contributed by atoms with Crippen molar-refractivity contribution < 1.29 is 0 Å². The summed E-state index contributed by atoms with van der Waals surface area (Å²) in [5.41, 5.74) is 11.8. The monoisotopic (exact) mass is 715 g/mol. The van der Waals surface area contributed by atoms with E-state index < -0.39 is 0 Å². The molecular formula is C51H33N5. The second kappa shape index (κ2) is 13.0. The maximum absolute atomic E-state index is 5.38. The molecule has 0 bridgehead atoms. The highest BCUT2D eigenvalue weighted by atomic mass is 15.2.